The normalized spacial score (nSPS) is 20.1. The molecule has 2 fully saturated rings. The number of Topliss-reactive ketones (excluding diaryl/α,β-unsaturated/α-hetero) is 1. The molecule has 6 nitrogen and oxygen atoms in total. The number of ketones is 1. The molecule has 1 saturated heterocycles. The SMILES string of the molecule is CCCCCOc1ccc(/C(O)=C2\C(=O)C(=O)N(C3CCCC3)C2c2cn(C)c3ccccc23)cc1. The van der Waals surface area contributed by atoms with Crippen molar-refractivity contribution >= 4 is 28.4 Å². The maximum atomic E-state index is 13.4. The summed E-state index contributed by atoms with van der Waals surface area (Å²) in [6, 6.07) is 14.5. The highest BCUT2D eigenvalue weighted by molar-refractivity contribution is 6.46. The van der Waals surface area contributed by atoms with Gasteiger partial charge < -0.3 is 19.3 Å². The zero-order chi connectivity index (χ0) is 25.2. The molecule has 1 saturated carbocycles. The van der Waals surface area contributed by atoms with Crippen LogP contribution in [0.3, 0.4) is 0 Å². The second-order valence-electron chi connectivity index (χ2n) is 9.94. The van der Waals surface area contributed by atoms with Gasteiger partial charge in [0.15, 0.2) is 0 Å². The molecule has 0 spiro atoms. The topological polar surface area (TPSA) is 71.8 Å². The number of hydrogen-bond donors (Lipinski definition) is 1. The average molecular weight is 487 g/mol. The Hall–Kier alpha value is -3.54. The molecular weight excluding hydrogens is 452 g/mol. The lowest BCUT2D eigenvalue weighted by Gasteiger charge is -2.30. The first-order chi connectivity index (χ1) is 17.5. The van der Waals surface area contributed by atoms with E-state index in [0.717, 1.165) is 67.2 Å². The second-order valence-corrected chi connectivity index (χ2v) is 9.94. The van der Waals surface area contributed by atoms with Crippen molar-refractivity contribution in [1.29, 1.82) is 0 Å². The van der Waals surface area contributed by atoms with Crippen molar-refractivity contribution in [1.82, 2.24) is 9.47 Å². The van der Waals surface area contributed by atoms with E-state index in [4.69, 9.17) is 4.74 Å². The van der Waals surface area contributed by atoms with Crippen LogP contribution < -0.4 is 4.74 Å². The van der Waals surface area contributed by atoms with E-state index < -0.39 is 17.7 Å². The summed E-state index contributed by atoms with van der Waals surface area (Å²) >= 11 is 0. The van der Waals surface area contributed by atoms with Gasteiger partial charge in [-0.1, -0.05) is 50.8 Å². The van der Waals surface area contributed by atoms with Gasteiger partial charge in [-0.05, 0) is 49.6 Å². The lowest BCUT2D eigenvalue weighted by Crippen LogP contribution is -2.37. The molecule has 1 atom stereocenters. The van der Waals surface area contributed by atoms with Crippen LogP contribution in [0.5, 0.6) is 5.75 Å². The summed E-state index contributed by atoms with van der Waals surface area (Å²) in [6.07, 6.45) is 9.06. The zero-order valence-electron chi connectivity index (χ0n) is 21.1. The first kappa shape index (κ1) is 24.2. The van der Waals surface area contributed by atoms with E-state index in [2.05, 4.69) is 6.92 Å². The summed E-state index contributed by atoms with van der Waals surface area (Å²) in [7, 11) is 1.97. The Morgan fingerprint density at radius 3 is 2.47 bits per heavy atom. The van der Waals surface area contributed by atoms with Crippen LogP contribution in [0.15, 0.2) is 60.3 Å². The maximum Gasteiger partial charge on any atom is 0.295 e. The quantitative estimate of drug-likeness (QED) is 0.180. The molecule has 2 heterocycles. The number of hydrogen-bond acceptors (Lipinski definition) is 4. The minimum atomic E-state index is -0.621. The number of aryl methyl sites for hydroxylation is 1. The Bertz CT molecular complexity index is 1300. The van der Waals surface area contributed by atoms with Gasteiger partial charge >= 0.3 is 0 Å². The number of nitrogens with zero attached hydrogens (tertiary/aromatic N) is 2. The van der Waals surface area contributed by atoms with Crippen LogP contribution in [0, 0.1) is 0 Å². The third kappa shape index (κ3) is 4.29. The number of aliphatic hydroxyl groups is 1. The number of unbranched alkanes of at least 4 members (excludes halogenated alkanes) is 2. The molecule has 1 aromatic heterocycles. The van der Waals surface area contributed by atoms with E-state index in [1.54, 1.807) is 29.2 Å². The Morgan fingerprint density at radius 2 is 1.75 bits per heavy atom. The fraction of sp³-hybridized carbons (Fsp3) is 0.400. The number of carbonyl (C=O) groups excluding carboxylic acids is 2. The van der Waals surface area contributed by atoms with Crippen LogP contribution in [-0.4, -0.2) is 38.9 Å². The van der Waals surface area contributed by atoms with Crippen molar-refractivity contribution in [3.05, 3.63) is 71.4 Å². The maximum absolute atomic E-state index is 13.4. The van der Waals surface area contributed by atoms with Crippen molar-refractivity contribution in [2.75, 3.05) is 6.61 Å². The fourth-order valence-electron chi connectivity index (χ4n) is 5.71. The lowest BCUT2D eigenvalue weighted by atomic mass is 9.94. The summed E-state index contributed by atoms with van der Waals surface area (Å²) in [5.74, 6) is -0.543. The predicted octanol–water partition coefficient (Wildman–Crippen LogP) is 6.11. The summed E-state index contributed by atoms with van der Waals surface area (Å²) in [5, 5.41) is 12.4. The number of ether oxygens (including phenoxy) is 1. The van der Waals surface area contributed by atoms with E-state index in [1.807, 2.05) is 42.1 Å². The highest BCUT2D eigenvalue weighted by Crippen LogP contribution is 2.45. The van der Waals surface area contributed by atoms with Gasteiger partial charge in [0.05, 0.1) is 18.2 Å². The molecule has 0 radical (unpaired) electrons. The molecule has 5 rings (SSSR count). The monoisotopic (exact) mass is 486 g/mol. The van der Waals surface area contributed by atoms with Gasteiger partial charge in [0.1, 0.15) is 11.5 Å². The highest BCUT2D eigenvalue weighted by atomic mass is 16.5. The van der Waals surface area contributed by atoms with Gasteiger partial charge in [0.25, 0.3) is 11.7 Å². The third-order valence-electron chi connectivity index (χ3n) is 7.56. The fourth-order valence-corrected chi connectivity index (χ4v) is 5.71. The number of amides is 1. The van der Waals surface area contributed by atoms with E-state index in [0.29, 0.717) is 12.2 Å². The van der Waals surface area contributed by atoms with Crippen LogP contribution in [0.4, 0.5) is 0 Å². The molecule has 0 bridgehead atoms. The van der Waals surface area contributed by atoms with Crippen molar-refractivity contribution < 1.29 is 19.4 Å². The molecule has 1 aliphatic carbocycles. The van der Waals surface area contributed by atoms with Gasteiger partial charge in [0, 0.05) is 41.3 Å². The molecule has 1 aliphatic heterocycles. The van der Waals surface area contributed by atoms with E-state index >= 15 is 0 Å². The Balaban J connectivity index is 1.57. The molecule has 3 aromatic rings. The number of aliphatic hydroxyl groups excluding tert-OH is 1. The first-order valence-corrected chi connectivity index (χ1v) is 13.1. The van der Waals surface area contributed by atoms with Crippen molar-refractivity contribution in [2.45, 2.75) is 64.0 Å². The largest absolute Gasteiger partial charge is 0.507 e. The Labute approximate surface area is 212 Å². The Morgan fingerprint density at radius 1 is 1.03 bits per heavy atom. The van der Waals surface area contributed by atoms with Crippen LogP contribution in [0.25, 0.3) is 16.7 Å². The van der Waals surface area contributed by atoms with Crippen LogP contribution >= 0.6 is 0 Å². The first-order valence-electron chi connectivity index (χ1n) is 13.1. The molecule has 2 aromatic carbocycles. The van der Waals surface area contributed by atoms with Crippen molar-refractivity contribution in [2.24, 2.45) is 7.05 Å². The van der Waals surface area contributed by atoms with Gasteiger partial charge in [-0.3, -0.25) is 9.59 Å². The van der Waals surface area contributed by atoms with Gasteiger partial charge in [-0.15, -0.1) is 0 Å². The summed E-state index contributed by atoms with van der Waals surface area (Å²) < 4.78 is 7.82. The van der Waals surface area contributed by atoms with Gasteiger partial charge in [-0.25, -0.2) is 0 Å². The minimum Gasteiger partial charge on any atom is -0.507 e. The molecule has 6 heteroatoms. The predicted molar refractivity (Wildman–Crippen MR) is 141 cm³/mol. The number of rotatable bonds is 8. The summed E-state index contributed by atoms with van der Waals surface area (Å²) in [6.45, 7) is 2.80. The Kier molecular flexibility index (Phi) is 6.86. The van der Waals surface area contributed by atoms with E-state index in [-0.39, 0.29) is 17.4 Å². The third-order valence-corrected chi connectivity index (χ3v) is 7.56. The number of benzene rings is 2. The van der Waals surface area contributed by atoms with Crippen molar-refractivity contribution in [3.63, 3.8) is 0 Å². The molecular formula is C30H34N2O4. The van der Waals surface area contributed by atoms with Gasteiger partial charge in [0.2, 0.25) is 0 Å². The van der Waals surface area contributed by atoms with Crippen LogP contribution in [0.1, 0.15) is 69.0 Å². The second kappa shape index (κ2) is 10.2. The lowest BCUT2D eigenvalue weighted by molar-refractivity contribution is -0.141. The standard InChI is InChI=1S/C30H34N2O4/c1-3-4-9-18-36-22-16-14-20(15-17-22)28(33)26-27(24-19-31(2)25-13-8-7-12-23(24)25)32(30(35)29(26)34)21-10-5-6-11-21/h7-8,12-17,19,21,27,33H,3-6,9-11,18H2,1-2H3/b28-26+. The number of likely N-dealkylation sites (tertiary alicyclic amines) is 1. The summed E-state index contributed by atoms with van der Waals surface area (Å²) in [4.78, 5) is 28.6. The van der Waals surface area contributed by atoms with Crippen LogP contribution in [0.2, 0.25) is 0 Å². The van der Waals surface area contributed by atoms with Crippen LogP contribution in [-0.2, 0) is 16.6 Å². The number of aromatic nitrogens is 1. The molecule has 1 unspecified atom stereocenters. The molecule has 1 amide bonds. The molecule has 1 N–H and O–H groups in total. The number of carbonyl (C=O) groups is 2. The molecule has 2 aliphatic rings. The number of para-hydroxylation sites is 1. The number of fused-ring (bicyclic) bond motifs is 1. The van der Waals surface area contributed by atoms with Crippen molar-refractivity contribution in [3.8, 4) is 5.75 Å². The highest BCUT2D eigenvalue weighted by Gasteiger charge is 2.50. The zero-order valence-corrected chi connectivity index (χ0v) is 21.1. The van der Waals surface area contributed by atoms with E-state index in [1.165, 1.54) is 0 Å². The summed E-state index contributed by atoms with van der Waals surface area (Å²) in [5.41, 5.74) is 2.57. The minimum absolute atomic E-state index is 0.00499. The average Bonchev–Trinajstić information content (AvgIpc) is 3.60. The molecule has 36 heavy (non-hydrogen) atoms. The smallest absolute Gasteiger partial charge is 0.295 e. The van der Waals surface area contributed by atoms with Gasteiger partial charge in [-0.2, -0.15) is 0 Å². The molecule has 188 valence electrons. The van der Waals surface area contributed by atoms with E-state index in [9.17, 15) is 14.7 Å².